The van der Waals surface area contributed by atoms with Gasteiger partial charge in [-0.2, -0.15) is 5.10 Å². The lowest BCUT2D eigenvalue weighted by molar-refractivity contribution is 0.0944. The van der Waals surface area contributed by atoms with E-state index < -0.39 is 0 Å². The normalized spacial score (nSPS) is 12.9. The summed E-state index contributed by atoms with van der Waals surface area (Å²) in [5.41, 5.74) is 2.94. The third-order valence-electron chi connectivity index (χ3n) is 5.12. The molecule has 0 saturated heterocycles. The fourth-order valence-corrected chi connectivity index (χ4v) is 3.36. The Morgan fingerprint density at radius 2 is 1.90 bits per heavy atom. The van der Waals surface area contributed by atoms with Crippen molar-refractivity contribution >= 4 is 17.6 Å². The molecule has 0 aliphatic carbocycles. The first kappa shape index (κ1) is 19.6. The summed E-state index contributed by atoms with van der Waals surface area (Å²) >= 11 is 0. The minimum absolute atomic E-state index is 0.257. The van der Waals surface area contributed by atoms with Gasteiger partial charge in [0.05, 0.1) is 18.8 Å². The number of fused-ring (bicyclic) bond motifs is 1. The molecule has 1 aliphatic heterocycles. The average molecular weight is 407 g/mol. The second-order valence-electron chi connectivity index (χ2n) is 7.18. The highest BCUT2D eigenvalue weighted by atomic mass is 19.1. The number of urea groups is 1. The minimum atomic E-state index is -0.365. The Morgan fingerprint density at radius 1 is 1.10 bits per heavy atom. The maximum atomic E-state index is 13.7. The summed E-state index contributed by atoms with van der Waals surface area (Å²) in [4.78, 5) is 26.7. The van der Waals surface area contributed by atoms with Gasteiger partial charge in [0.2, 0.25) is 0 Å². The van der Waals surface area contributed by atoms with Gasteiger partial charge in [0.25, 0.3) is 5.91 Å². The lowest BCUT2D eigenvalue weighted by Gasteiger charge is -2.28. The highest BCUT2D eigenvalue weighted by molar-refractivity contribution is 5.92. The smallest absolute Gasteiger partial charge is 0.322 e. The van der Waals surface area contributed by atoms with Crippen molar-refractivity contribution in [1.29, 1.82) is 0 Å². The molecule has 0 atom stereocenters. The fraction of sp³-hybridized carbons (Fsp3) is 0.227. The van der Waals surface area contributed by atoms with Gasteiger partial charge >= 0.3 is 6.03 Å². The van der Waals surface area contributed by atoms with Crippen LogP contribution in [0.4, 0.5) is 14.9 Å². The van der Waals surface area contributed by atoms with Gasteiger partial charge in [-0.15, -0.1) is 0 Å². The summed E-state index contributed by atoms with van der Waals surface area (Å²) in [7, 11) is 0. The molecule has 8 heteroatoms. The topological polar surface area (TPSA) is 79.3 Å². The molecule has 1 aliphatic rings. The zero-order valence-electron chi connectivity index (χ0n) is 16.6. The highest BCUT2D eigenvalue weighted by Crippen LogP contribution is 2.20. The van der Waals surface area contributed by atoms with Gasteiger partial charge in [0, 0.05) is 24.3 Å². The number of halogens is 1. The predicted molar refractivity (Wildman–Crippen MR) is 110 cm³/mol. The third-order valence-corrected chi connectivity index (χ3v) is 5.12. The monoisotopic (exact) mass is 407 g/mol. The standard InChI is InChI=1S/C22H22FN5O2/c1-15-18(23)8-5-9-19(15)25-22(30)27-10-11-28-17(14-27)12-20(26-28)21(29)24-13-16-6-3-2-4-7-16/h2-9,12H,10-11,13-14H2,1H3,(H,24,29)(H,25,30). The Morgan fingerprint density at radius 3 is 2.70 bits per heavy atom. The van der Waals surface area contributed by atoms with Crippen molar-refractivity contribution in [2.24, 2.45) is 0 Å². The van der Waals surface area contributed by atoms with E-state index in [0.717, 1.165) is 11.3 Å². The van der Waals surface area contributed by atoms with Gasteiger partial charge in [-0.3, -0.25) is 9.48 Å². The average Bonchev–Trinajstić information content (AvgIpc) is 3.19. The van der Waals surface area contributed by atoms with E-state index in [9.17, 15) is 14.0 Å². The molecule has 0 bridgehead atoms. The Balaban J connectivity index is 1.39. The molecule has 3 aromatic rings. The summed E-state index contributed by atoms with van der Waals surface area (Å²) in [6.07, 6.45) is 0. The van der Waals surface area contributed by atoms with Crippen LogP contribution in [0.3, 0.4) is 0 Å². The van der Waals surface area contributed by atoms with Gasteiger partial charge in [0.1, 0.15) is 5.82 Å². The molecule has 0 saturated carbocycles. The Hall–Kier alpha value is -3.68. The van der Waals surface area contributed by atoms with Crippen LogP contribution in [0.2, 0.25) is 0 Å². The molecule has 2 aromatic carbocycles. The number of carbonyl (C=O) groups excluding carboxylic acids is 2. The van der Waals surface area contributed by atoms with E-state index >= 15 is 0 Å². The number of anilines is 1. The largest absolute Gasteiger partial charge is 0.347 e. The molecular formula is C22H22FN5O2. The summed E-state index contributed by atoms with van der Waals surface area (Å²) in [6.45, 7) is 3.29. The number of carbonyl (C=O) groups is 2. The summed E-state index contributed by atoms with van der Waals surface area (Å²) in [6, 6.07) is 15.6. The number of benzene rings is 2. The number of nitrogens with zero attached hydrogens (tertiary/aromatic N) is 3. The molecule has 3 amide bonds. The van der Waals surface area contributed by atoms with Crippen LogP contribution in [0.15, 0.2) is 54.6 Å². The quantitative estimate of drug-likeness (QED) is 0.696. The molecule has 2 heterocycles. The van der Waals surface area contributed by atoms with E-state index in [1.165, 1.54) is 6.07 Å². The molecule has 0 unspecified atom stereocenters. The first-order valence-corrected chi connectivity index (χ1v) is 9.71. The molecule has 154 valence electrons. The van der Waals surface area contributed by atoms with Gasteiger partial charge in [-0.05, 0) is 30.7 Å². The van der Waals surface area contributed by atoms with Crippen LogP contribution in [-0.4, -0.2) is 33.2 Å². The van der Waals surface area contributed by atoms with E-state index in [4.69, 9.17) is 0 Å². The second-order valence-corrected chi connectivity index (χ2v) is 7.18. The molecule has 0 spiro atoms. The molecule has 0 fully saturated rings. The maximum absolute atomic E-state index is 13.7. The van der Waals surface area contributed by atoms with Crippen LogP contribution in [0.25, 0.3) is 0 Å². The zero-order valence-corrected chi connectivity index (χ0v) is 16.6. The van der Waals surface area contributed by atoms with E-state index in [-0.39, 0.29) is 17.8 Å². The van der Waals surface area contributed by atoms with Gasteiger partial charge in [0.15, 0.2) is 5.69 Å². The van der Waals surface area contributed by atoms with Gasteiger partial charge in [-0.25, -0.2) is 9.18 Å². The summed E-state index contributed by atoms with van der Waals surface area (Å²) < 4.78 is 15.4. The number of nitrogens with one attached hydrogen (secondary N) is 2. The lowest BCUT2D eigenvalue weighted by atomic mass is 10.2. The molecule has 2 N–H and O–H groups in total. The Bertz CT molecular complexity index is 1080. The lowest BCUT2D eigenvalue weighted by Crippen LogP contribution is -2.41. The first-order chi connectivity index (χ1) is 14.5. The van der Waals surface area contributed by atoms with Crippen molar-refractivity contribution in [1.82, 2.24) is 20.0 Å². The van der Waals surface area contributed by atoms with Crippen LogP contribution in [0, 0.1) is 12.7 Å². The minimum Gasteiger partial charge on any atom is -0.347 e. The van der Waals surface area contributed by atoms with Crippen molar-refractivity contribution in [3.05, 3.63) is 82.9 Å². The maximum Gasteiger partial charge on any atom is 0.322 e. The van der Waals surface area contributed by atoms with Crippen LogP contribution in [0.1, 0.15) is 27.3 Å². The van der Waals surface area contributed by atoms with Crippen molar-refractivity contribution < 1.29 is 14.0 Å². The van der Waals surface area contributed by atoms with Crippen LogP contribution in [0.5, 0.6) is 0 Å². The van der Waals surface area contributed by atoms with Crippen LogP contribution < -0.4 is 10.6 Å². The van der Waals surface area contributed by atoms with Crippen molar-refractivity contribution in [2.75, 3.05) is 11.9 Å². The molecule has 30 heavy (non-hydrogen) atoms. The SMILES string of the molecule is Cc1c(F)cccc1NC(=O)N1CCn2nc(C(=O)NCc3ccccc3)cc2C1. The molecule has 4 rings (SSSR count). The van der Waals surface area contributed by atoms with Crippen LogP contribution >= 0.6 is 0 Å². The number of hydrogen-bond donors (Lipinski definition) is 2. The summed E-state index contributed by atoms with van der Waals surface area (Å²) in [5, 5.41) is 9.98. The third kappa shape index (κ3) is 4.17. The van der Waals surface area contributed by atoms with Crippen molar-refractivity contribution in [3.8, 4) is 0 Å². The molecular weight excluding hydrogens is 385 g/mol. The van der Waals surface area contributed by atoms with E-state index in [0.29, 0.717) is 43.1 Å². The first-order valence-electron chi connectivity index (χ1n) is 9.71. The van der Waals surface area contributed by atoms with Crippen molar-refractivity contribution in [2.45, 2.75) is 26.6 Å². The van der Waals surface area contributed by atoms with E-state index in [1.54, 1.807) is 34.7 Å². The van der Waals surface area contributed by atoms with Crippen molar-refractivity contribution in [3.63, 3.8) is 0 Å². The van der Waals surface area contributed by atoms with Gasteiger partial charge in [-0.1, -0.05) is 36.4 Å². The number of aromatic nitrogens is 2. The van der Waals surface area contributed by atoms with E-state index in [2.05, 4.69) is 15.7 Å². The summed E-state index contributed by atoms with van der Waals surface area (Å²) in [5.74, 6) is -0.622. The molecule has 1 aromatic heterocycles. The fourth-order valence-electron chi connectivity index (χ4n) is 3.36. The number of rotatable bonds is 4. The molecule has 0 radical (unpaired) electrons. The molecule has 7 nitrogen and oxygen atoms in total. The second kappa shape index (κ2) is 8.36. The zero-order chi connectivity index (χ0) is 21.1. The number of amides is 3. The number of hydrogen-bond acceptors (Lipinski definition) is 3. The predicted octanol–water partition coefficient (Wildman–Crippen LogP) is 3.31. The Kier molecular flexibility index (Phi) is 5.47. The van der Waals surface area contributed by atoms with Gasteiger partial charge < -0.3 is 15.5 Å². The van der Waals surface area contributed by atoms with Crippen LogP contribution in [-0.2, 0) is 19.6 Å². The Labute approximate surface area is 173 Å². The van der Waals surface area contributed by atoms with E-state index in [1.807, 2.05) is 30.3 Å². The highest BCUT2D eigenvalue weighted by Gasteiger charge is 2.24.